The fraction of sp³-hybridized carbons (Fsp3) is 0.409. The van der Waals surface area contributed by atoms with Crippen LogP contribution in [-0.2, 0) is 10.0 Å². The molecule has 1 aliphatic rings. The van der Waals surface area contributed by atoms with E-state index in [0.717, 1.165) is 37.9 Å². The normalized spacial score (nSPS) is 15.8. The van der Waals surface area contributed by atoms with E-state index in [1.807, 2.05) is 13.0 Å². The van der Waals surface area contributed by atoms with E-state index in [1.165, 1.54) is 12.1 Å². The number of benzene rings is 2. The highest BCUT2D eigenvalue weighted by molar-refractivity contribution is 7.92. The summed E-state index contributed by atoms with van der Waals surface area (Å²) in [6, 6.07) is 13.3. The van der Waals surface area contributed by atoms with Gasteiger partial charge in [-0.15, -0.1) is 0 Å². The van der Waals surface area contributed by atoms with Crippen molar-refractivity contribution in [1.82, 2.24) is 10.2 Å². The molecule has 0 atom stereocenters. The lowest BCUT2D eigenvalue weighted by molar-refractivity contribution is 0.0948. The van der Waals surface area contributed by atoms with Crippen molar-refractivity contribution in [2.45, 2.75) is 31.1 Å². The Morgan fingerprint density at radius 2 is 1.83 bits per heavy atom. The Labute approximate surface area is 173 Å². The van der Waals surface area contributed by atoms with Gasteiger partial charge in [0.05, 0.1) is 4.90 Å². The molecule has 1 aliphatic heterocycles. The van der Waals surface area contributed by atoms with E-state index in [-0.39, 0.29) is 10.8 Å². The van der Waals surface area contributed by atoms with Gasteiger partial charge in [-0.25, -0.2) is 8.42 Å². The first-order valence-electron chi connectivity index (χ1n) is 10.00. The molecular formula is C22H29N3O3S. The largest absolute Gasteiger partial charge is 0.352 e. The lowest BCUT2D eigenvalue weighted by Gasteiger charge is -2.28. The number of aryl methyl sites for hydroxylation is 1. The van der Waals surface area contributed by atoms with E-state index in [9.17, 15) is 13.2 Å². The van der Waals surface area contributed by atoms with E-state index in [0.29, 0.717) is 23.7 Å². The smallest absolute Gasteiger partial charge is 0.261 e. The second kappa shape index (κ2) is 9.41. The number of anilines is 1. The van der Waals surface area contributed by atoms with Gasteiger partial charge in [-0.2, -0.15) is 0 Å². The third kappa shape index (κ3) is 6.05. The van der Waals surface area contributed by atoms with Crippen molar-refractivity contribution in [2.75, 3.05) is 31.4 Å². The van der Waals surface area contributed by atoms with E-state index < -0.39 is 10.0 Å². The minimum Gasteiger partial charge on any atom is -0.352 e. The summed E-state index contributed by atoms with van der Waals surface area (Å²) >= 11 is 0. The van der Waals surface area contributed by atoms with Crippen LogP contribution in [0, 0.1) is 12.8 Å². The van der Waals surface area contributed by atoms with Crippen molar-refractivity contribution in [3.63, 3.8) is 0 Å². The predicted molar refractivity (Wildman–Crippen MR) is 116 cm³/mol. The molecular weight excluding hydrogens is 386 g/mol. The van der Waals surface area contributed by atoms with Crippen LogP contribution in [0.25, 0.3) is 0 Å². The number of nitrogens with one attached hydrogen (secondary N) is 2. The van der Waals surface area contributed by atoms with Gasteiger partial charge in [0.2, 0.25) is 0 Å². The third-order valence-corrected chi connectivity index (χ3v) is 6.73. The Bertz CT molecular complexity index is 951. The van der Waals surface area contributed by atoms with Crippen LogP contribution >= 0.6 is 0 Å². The number of carbonyl (C=O) groups excluding carboxylic acids is 1. The molecule has 1 saturated heterocycles. The van der Waals surface area contributed by atoms with Gasteiger partial charge < -0.3 is 10.2 Å². The Balaban J connectivity index is 1.60. The summed E-state index contributed by atoms with van der Waals surface area (Å²) in [5, 5.41) is 2.93. The second-order valence-electron chi connectivity index (χ2n) is 7.79. The van der Waals surface area contributed by atoms with Crippen molar-refractivity contribution >= 4 is 21.6 Å². The average molecular weight is 416 g/mol. The van der Waals surface area contributed by atoms with E-state index in [1.54, 1.807) is 30.3 Å². The van der Waals surface area contributed by atoms with Crippen molar-refractivity contribution in [3.8, 4) is 0 Å². The van der Waals surface area contributed by atoms with Gasteiger partial charge in [0.15, 0.2) is 0 Å². The third-order valence-electron chi connectivity index (χ3n) is 5.35. The molecule has 0 aliphatic carbocycles. The van der Waals surface area contributed by atoms with Gasteiger partial charge in [0.1, 0.15) is 0 Å². The van der Waals surface area contributed by atoms with Crippen LogP contribution in [0.2, 0.25) is 0 Å². The molecule has 156 valence electrons. The fourth-order valence-corrected chi connectivity index (χ4v) is 4.66. The molecule has 0 spiro atoms. The number of rotatable bonds is 7. The number of hydrogen-bond acceptors (Lipinski definition) is 4. The maximum atomic E-state index is 12.7. The highest BCUT2D eigenvalue weighted by Gasteiger charge is 2.18. The minimum absolute atomic E-state index is 0.0713. The number of amides is 1. The van der Waals surface area contributed by atoms with E-state index in [2.05, 4.69) is 22.0 Å². The SMILES string of the molecule is Cc1cccc(NS(=O)(=O)c2cccc(C(=O)NCCC3CCN(C)CC3)c2)c1. The Morgan fingerprint density at radius 1 is 1.10 bits per heavy atom. The first kappa shape index (κ1) is 21.3. The molecule has 0 aromatic heterocycles. The fourth-order valence-electron chi connectivity index (χ4n) is 3.57. The molecule has 0 radical (unpaired) electrons. The molecule has 1 fully saturated rings. The van der Waals surface area contributed by atoms with Crippen LogP contribution in [0.1, 0.15) is 35.2 Å². The zero-order valence-electron chi connectivity index (χ0n) is 17.0. The van der Waals surface area contributed by atoms with Gasteiger partial charge in [0, 0.05) is 17.8 Å². The molecule has 0 unspecified atom stereocenters. The Kier molecular flexibility index (Phi) is 6.92. The summed E-state index contributed by atoms with van der Waals surface area (Å²) < 4.78 is 27.9. The number of carbonyl (C=O) groups is 1. The van der Waals surface area contributed by atoms with Crippen LogP contribution in [0.5, 0.6) is 0 Å². The highest BCUT2D eigenvalue weighted by Crippen LogP contribution is 2.20. The molecule has 0 saturated carbocycles. The van der Waals surface area contributed by atoms with Crippen molar-refractivity contribution in [1.29, 1.82) is 0 Å². The van der Waals surface area contributed by atoms with Crippen LogP contribution < -0.4 is 10.0 Å². The van der Waals surface area contributed by atoms with E-state index >= 15 is 0 Å². The van der Waals surface area contributed by atoms with Crippen LogP contribution in [0.15, 0.2) is 53.4 Å². The topological polar surface area (TPSA) is 78.5 Å². The molecule has 3 rings (SSSR count). The predicted octanol–water partition coefficient (Wildman–Crippen LogP) is 3.26. The van der Waals surface area contributed by atoms with Crippen molar-refractivity contribution < 1.29 is 13.2 Å². The first-order chi connectivity index (χ1) is 13.8. The number of piperidine rings is 1. The number of nitrogens with zero attached hydrogens (tertiary/aromatic N) is 1. The van der Waals surface area contributed by atoms with Gasteiger partial charge in [-0.05, 0) is 88.1 Å². The number of hydrogen-bond donors (Lipinski definition) is 2. The lowest BCUT2D eigenvalue weighted by Crippen LogP contribution is -2.32. The summed E-state index contributed by atoms with van der Waals surface area (Å²) in [6.07, 6.45) is 3.27. The van der Waals surface area contributed by atoms with Crippen LogP contribution in [0.3, 0.4) is 0 Å². The second-order valence-corrected chi connectivity index (χ2v) is 9.48. The molecule has 2 aromatic carbocycles. The summed E-state index contributed by atoms with van der Waals surface area (Å²) in [6.45, 7) is 4.71. The summed E-state index contributed by atoms with van der Waals surface area (Å²) in [7, 11) is -1.63. The molecule has 2 N–H and O–H groups in total. The maximum Gasteiger partial charge on any atom is 0.261 e. The summed E-state index contributed by atoms with van der Waals surface area (Å²) in [5.74, 6) is 0.391. The zero-order valence-corrected chi connectivity index (χ0v) is 17.8. The zero-order chi connectivity index (χ0) is 20.9. The van der Waals surface area contributed by atoms with Crippen molar-refractivity contribution in [3.05, 3.63) is 59.7 Å². The average Bonchev–Trinajstić information content (AvgIpc) is 2.69. The van der Waals surface area contributed by atoms with Gasteiger partial charge in [-0.3, -0.25) is 9.52 Å². The monoisotopic (exact) mass is 415 g/mol. The van der Waals surface area contributed by atoms with Crippen molar-refractivity contribution in [2.24, 2.45) is 5.92 Å². The Morgan fingerprint density at radius 3 is 2.55 bits per heavy atom. The molecule has 1 amide bonds. The molecule has 29 heavy (non-hydrogen) atoms. The van der Waals surface area contributed by atoms with Crippen LogP contribution in [-0.4, -0.2) is 45.9 Å². The van der Waals surface area contributed by atoms with Crippen LogP contribution in [0.4, 0.5) is 5.69 Å². The van der Waals surface area contributed by atoms with Gasteiger partial charge >= 0.3 is 0 Å². The minimum atomic E-state index is -3.76. The standard InChI is InChI=1S/C22H29N3O3S/c1-17-5-3-7-20(15-17)24-29(27,28)21-8-4-6-19(16-21)22(26)23-12-9-18-10-13-25(2)14-11-18/h3-8,15-16,18,24H,9-14H2,1-2H3,(H,23,26). The Hall–Kier alpha value is -2.38. The van der Waals surface area contributed by atoms with Gasteiger partial charge in [-0.1, -0.05) is 18.2 Å². The first-order valence-corrected chi connectivity index (χ1v) is 11.5. The molecule has 7 heteroatoms. The molecule has 6 nitrogen and oxygen atoms in total. The molecule has 0 bridgehead atoms. The summed E-state index contributed by atoms with van der Waals surface area (Å²) in [4.78, 5) is 14.9. The highest BCUT2D eigenvalue weighted by atomic mass is 32.2. The van der Waals surface area contributed by atoms with E-state index in [4.69, 9.17) is 0 Å². The lowest BCUT2D eigenvalue weighted by atomic mass is 9.94. The van der Waals surface area contributed by atoms with Gasteiger partial charge in [0.25, 0.3) is 15.9 Å². The number of likely N-dealkylation sites (tertiary alicyclic amines) is 1. The quantitative estimate of drug-likeness (QED) is 0.728. The number of sulfonamides is 1. The summed E-state index contributed by atoms with van der Waals surface area (Å²) in [5.41, 5.74) is 1.81. The molecule has 1 heterocycles. The molecule has 2 aromatic rings. The maximum absolute atomic E-state index is 12.7.